The number of alkyl halides is 2. The molecule has 2 fully saturated rings. The highest BCUT2D eigenvalue weighted by Crippen LogP contribution is 2.42. The Morgan fingerprint density at radius 2 is 2.11 bits per heavy atom. The molecule has 0 unspecified atom stereocenters. The van der Waals surface area contributed by atoms with Crippen LogP contribution in [0.15, 0.2) is 52.6 Å². The molecular formula is C30H33F4N5O6S. The minimum atomic E-state index is -3.29. The van der Waals surface area contributed by atoms with E-state index >= 15 is 8.78 Å². The molecule has 0 spiro atoms. The average molecular weight is 668 g/mol. The maximum Gasteiger partial charge on any atom is 0.338 e. The summed E-state index contributed by atoms with van der Waals surface area (Å²) in [6.45, 7) is 4.65. The molecule has 2 saturated heterocycles. The average Bonchev–Trinajstić information content (AvgIpc) is 3.76. The first-order valence-corrected chi connectivity index (χ1v) is 15.2. The molecule has 16 heteroatoms. The molecule has 0 aliphatic carbocycles. The van der Waals surface area contributed by atoms with Crippen molar-refractivity contribution in [3.05, 3.63) is 75.4 Å². The second-order valence-electron chi connectivity index (χ2n) is 11.3. The summed E-state index contributed by atoms with van der Waals surface area (Å²) in [6.07, 6.45) is 2.63. The Balaban J connectivity index is 1.45. The van der Waals surface area contributed by atoms with Crippen LogP contribution in [-0.4, -0.2) is 101 Å². The summed E-state index contributed by atoms with van der Waals surface area (Å²) in [5.41, 5.74) is -1.74. The van der Waals surface area contributed by atoms with Crippen LogP contribution < -0.4 is 5.32 Å². The van der Waals surface area contributed by atoms with Crippen LogP contribution in [0.2, 0.25) is 0 Å². The smallest absolute Gasteiger partial charge is 0.338 e. The highest BCUT2D eigenvalue weighted by molar-refractivity contribution is 7.11. The topological polar surface area (TPSA) is 126 Å². The fourth-order valence-corrected chi connectivity index (χ4v) is 6.41. The SMILES string of the molecule is C=CCOC(=O)[C@@](C)(O)CCN1OC[C@H]2[C@@H]1C(F)(F)CN2CC1=C(C(=O)OC)[C@H](c2ccc(F)c(F)c2C)N=C(c2nccs2)N1. The Morgan fingerprint density at radius 1 is 1.35 bits per heavy atom. The number of thiazole rings is 1. The number of nitrogens with one attached hydrogen (secondary N) is 1. The summed E-state index contributed by atoms with van der Waals surface area (Å²) < 4.78 is 70.0. The fraction of sp³-hybridized carbons (Fsp3) is 0.467. The van der Waals surface area contributed by atoms with E-state index in [4.69, 9.17) is 14.3 Å². The van der Waals surface area contributed by atoms with E-state index in [1.165, 1.54) is 48.4 Å². The lowest BCUT2D eigenvalue weighted by Gasteiger charge is -2.31. The molecule has 1 aromatic carbocycles. The Morgan fingerprint density at radius 3 is 2.78 bits per heavy atom. The number of fused-ring (bicyclic) bond motifs is 1. The fourth-order valence-electron chi connectivity index (χ4n) is 5.82. The predicted molar refractivity (Wildman–Crippen MR) is 158 cm³/mol. The Kier molecular flexibility index (Phi) is 9.65. The summed E-state index contributed by atoms with van der Waals surface area (Å²) in [4.78, 5) is 41.5. The van der Waals surface area contributed by atoms with Crippen molar-refractivity contribution in [3.8, 4) is 0 Å². The molecule has 4 heterocycles. The van der Waals surface area contributed by atoms with Crippen molar-refractivity contribution in [2.24, 2.45) is 4.99 Å². The van der Waals surface area contributed by atoms with Crippen molar-refractivity contribution in [2.45, 2.75) is 49.9 Å². The van der Waals surface area contributed by atoms with Crippen LogP contribution in [0.5, 0.6) is 0 Å². The van der Waals surface area contributed by atoms with Gasteiger partial charge in [0, 0.05) is 36.8 Å². The second kappa shape index (κ2) is 13.2. The minimum Gasteiger partial charge on any atom is -0.466 e. The molecule has 11 nitrogen and oxygen atoms in total. The number of nitrogens with zero attached hydrogens (tertiary/aromatic N) is 4. The van der Waals surface area contributed by atoms with Gasteiger partial charge in [-0.2, -0.15) is 5.06 Å². The molecule has 2 aromatic rings. The van der Waals surface area contributed by atoms with Gasteiger partial charge in [-0.25, -0.2) is 32.1 Å². The number of ether oxygens (including phenoxy) is 2. The number of benzene rings is 1. The van der Waals surface area contributed by atoms with Gasteiger partial charge in [-0.3, -0.25) is 14.7 Å². The van der Waals surface area contributed by atoms with E-state index in [1.54, 1.807) is 5.38 Å². The molecule has 0 radical (unpaired) electrons. The van der Waals surface area contributed by atoms with E-state index < -0.39 is 59.8 Å². The lowest BCUT2D eigenvalue weighted by molar-refractivity contribution is -0.191. The molecule has 3 aliphatic heterocycles. The highest BCUT2D eigenvalue weighted by atomic mass is 32.1. The first-order chi connectivity index (χ1) is 21.8. The number of methoxy groups -OCH3 is 1. The zero-order valence-corrected chi connectivity index (χ0v) is 26.1. The van der Waals surface area contributed by atoms with Crippen LogP contribution in [-0.2, 0) is 23.9 Å². The van der Waals surface area contributed by atoms with Crippen LogP contribution >= 0.6 is 11.3 Å². The molecule has 46 heavy (non-hydrogen) atoms. The van der Waals surface area contributed by atoms with Crippen molar-refractivity contribution >= 4 is 29.1 Å². The van der Waals surface area contributed by atoms with Gasteiger partial charge in [-0.05, 0) is 31.0 Å². The number of amidine groups is 1. The molecule has 5 rings (SSSR count). The van der Waals surface area contributed by atoms with Gasteiger partial charge in [0.2, 0.25) is 0 Å². The molecule has 248 valence electrons. The van der Waals surface area contributed by atoms with Crippen molar-refractivity contribution in [1.29, 1.82) is 0 Å². The number of carbonyl (C=O) groups excluding carboxylic acids is 2. The molecule has 1 aromatic heterocycles. The van der Waals surface area contributed by atoms with Crippen molar-refractivity contribution in [2.75, 3.05) is 40.0 Å². The minimum absolute atomic E-state index is 0.0615. The largest absolute Gasteiger partial charge is 0.466 e. The number of hydroxylamine groups is 2. The van der Waals surface area contributed by atoms with E-state index in [1.807, 2.05) is 0 Å². The van der Waals surface area contributed by atoms with Crippen LogP contribution in [0.1, 0.15) is 35.5 Å². The first-order valence-electron chi connectivity index (χ1n) is 14.3. The van der Waals surface area contributed by atoms with Gasteiger partial charge in [0.1, 0.15) is 18.7 Å². The summed E-state index contributed by atoms with van der Waals surface area (Å²) in [7, 11) is 1.15. The standard InChI is InChI=1S/C30H33F4N5O6S/c1-5-11-44-28(41)29(3,42)8-10-39-24-20(14-45-39)38(15-30(24,33)34)13-19-21(27(40)43-4)23(17-6-7-18(31)22(32)16(17)2)37-25(36-19)26-35-9-12-46-26/h5-7,9,12,20,23-24,42H,1,8,10-11,13-15H2,2-4H3,(H,36,37)/t20-,23-,24+,29-/m0/s1. The summed E-state index contributed by atoms with van der Waals surface area (Å²) >= 11 is 1.23. The van der Waals surface area contributed by atoms with Gasteiger partial charge < -0.3 is 19.9 Å². The zero-order chi connectivity index (χ0) is 33.4. The number of hydrogen-bond donors (Lipinski definition) is 2. The maximum absolute atomic E-state index is 15.6. The number of aliphatic imine (C=N–C) groups is 1. The van der Waals surface area contributed by atoms with E-state index in [0.29, 0.717) is 5.01 Å². The van der Waals surface area contributed by atoms with Gasteiger partial charge in [-0.1, -0.05) is 18.7 Å². The molecule has 4 atom stereocenters. The van der Waals surface area contributed by atoms with Gasteiger partial charge in [0.15, 0.2) is 28.1 Å². The Labute approximate surface area is 266 Å². The quantitative estimate of drug-likeness (QED) is 0.210. The number of hydrogen-bond acceptors (Lipinski definition) is 12. The van der Waals surface area contributed by atoms with Gasteiger partial charge in [0.05, 0.1) is 31.9 Å². The van der Waals surface area contributed by atoms with Crippen molar-refractivity contribution in [3.63, 3.8) is 0 Å². The van der Waals surface area contributed by atoms with Crippen LogP contribution in [0.3, 0.4) is 0 Å². The third kappa shape index (κ3) is 6.44. The summed E-state index contributed by atoms with van der Waals surface area (Å²) in [5.74, 6) is -7.02. The number of carbonyl (C=O) groups is 2. The number of esters is 2. The predicted octanol–water partition coefficient (Wildman–Crippen LogP) is 3.05. The summed E-state index contributed by atoms with van der Waals surface area (Å²) in [5, 5.41) is 16.8. The number of halogens is 4. The van der Waals surface area contributed by atoms with Crippen LogP contribution in [0, 0.1) is 18.6 Å². The van der Waals surface area contributed by atoms with Crippen LogP contribution in [0.4, 0.5) is 17.6 Å². The first kappa shape index (κ1) is 33.7. The normalized spacial score (nSPS) is 24.2. The molecule has 0 amide bonds. The van der Waals surface area contributed by atoms with Crippen molar-refractivity contribution in [1.82, 2.24) is 20.3 Å². The van der Waals surface area contributed by atoms with Gasteiger partial charge in [-0.15, -0.1) is 11.3 Å². The second-order valence-corrected chi connectivity index (χ2v) is 12.2. The molecule has 3 aliphatic rings. The van der Waals surface area contributed by atoms with E-state index in [9.17, 15) is 23.5 Å². The monoisotopic (exact) mass is 667 g/mol. The number of aliphatic hydroxyl groups is 1. The lowest BCUT2D eigenvalue weighted by atomic mass is 9.92. The number of rotatable bonds is 11. The third-order valence-corrected chi connectivity index (χ3v) is 8.98. The Bertz CT molecular complexity index is 1570. The van der Waals surface area contributed by atoms with Gasteiger partial charge >= 0.3 is 11.9 Å². The maximum atomic E-state index is 15.6. The van der Waals surface area contributed by atoms with Crippen molar-refractivity contribution < 1.29 is 46.6 Å². The molecule has 0 bridgehead atoms. The summed E-state index contributed by atoms with van der Waals surface area (Å²) in [6, 6.07) is -1.21. The van der Waals surface area contributed by atoms with E-state index in [-0.39, 0.29) is 61.0 Å². The molecule has 2 N–H and O–H groups in total. The van der Waals surface area contributed by atoms with Gasteiger partial charge in [0.25, 0.3) is 5.92 Å². The van der Waals surface area contributed by atoms with E-state index in [0.717, 1.165) is 18.2 Å². The van der Waals surface area contributed by atoms with Crippen LogP contribution in [0.25, 0.3) is 0 Å². The third-order valence-electron chi connectivity index (χ3n) is 8.20. The Hall–Kier alpha value is -3.70. The molecular weight excluding hydrogens is 634 g/mol. The lowest BCUT2D eigenvalue weighted by Crippen LogP contribution is -2.48. The molecule has 0 saturated carbocycles. The zero-order valence-electron chi connectivity index (χ0n) is 25.3. The number of likely N-dealkylation sites (tertiary alicyclic amines) is 1. The number of aromatic nitrogens is 1. The van der Waals surface area contributed by atoms with E-state index in [2.05, 4.69) is 21.9 Å². The highest BCUT2D eigenvalue weighted by Gasteiger charge is 2.61.